The summed E-state index contributed by atoms with van der Waals surface area (Å²) in [6.45, 7) is 12.8. The molecule has 1 aromatic rings. The van der Waals surface area contributed by atoms with Gasteiger partial charge in [-0.3, -0.25) is 10.1 Å². The normalized spacial score (nSPS) is 11.1. The summed E-state index contributed by atoms with van der Waals surface area (Å²) < 4.78 is 2.13. The Labute approximate surface area is 136 Å². The summed E-state index contributed by atoms with van der Waals surface area (Å²) in [5, 5.41) is 5.76. The number of imidazole rings is 1. The Morgan fingerprint density at radius 2 is 1.86 bits per heavy atom. The molecule has 1 aromatic heterocycles. The minimum Gasteiger partial charge on any atom is -0.336 e. The molecule has 0 spiro atoms. The lowest BCUT2D eigenvalue weighted by molar-refractivity contribution is -0.117. The first-order valence-corrected chi connectivity index (χ1v) is 8.46. The van der Waals surface area contributed by atoms with Crippen LogP contribution in [0.15, 0.2) is 5.16 Å². The predicted molar refractivity (Wildman–Crippen MR) is 89.1 cm³/mol. The molecule has 2 N–H and O–H groups in total. The molecule has 1 rings (SSSR count). The maximum atomic E-state index is 11.8. The predicted octanol–water partition coefficient (Wildman–Crippen LogP) is 2.48. The molecule has 0 fully saturated rings. The van der Waals surface area contributed by atoms with Crippen molar-refractivity contribution in [3.05, 3.63) is 11.4 Å². The van der Waals surface area contributed by atoms with Gasteiger partial charge in [0, 0.05) is 18.3 Å². The Morgan fingerprint density at radius 1 is 1.23 bits per heavy atom. The second-order valence-electron chi connectivity index (χ2n) is 6.03. The molecule has 0 atom stereocenters. The second kappa shape index (κ2) is 8.22. The third kappa shape index (κ3) is 5.71. The summed E-state index contributed by atoms with van der Waals surface area (Å²) in [5.41, 5.74) is 2.09. The van der Waals surface area contributed by atoms with Crippen LogP contribution in [0.5, 0.6) is 0 Å². The average Bonchev–Trinajstić information content (AvgIpc) is 2.62. The van der Waals surface area contributed by atoms with Crippen LogP contribution in [0.1, 0.15) is 39.1 Å². The highest BCUT2D eigenvalue weighted by molar-refractivity contribution is 7.99. The molecule has 0 unspecified atom stereocenters. The minimum absolute atomic E-state index is 0.00399. The number of rotatable bonds is 6. The van der Waals surface area contributed by atoms with Crippen molar-refractivity contribution in [2.45, 2.75) is 59.3 Å². The number of hydrogen-bond donors (Lipinski definition) is 2. The van der Waals surface area contributed by atoms with E-state index in [9.17, 15) is 9.59 Å². The van der Waals surface area contributed by atoms with Gasteiger partial charge in [0.05, 0.1) is 11.4 Å². The van der Waals surface area contributed by atoms with E-state index in [1.165, 1.54) is 11.8 Å². The Hall–Kier alpha value is -1.50. The summed E-state index contributed by atoms with van der Waals surface area (Å²) in [4.78, 5) is 27.8. The fraction of sp³-hybridized carbons (Fsp3) is 0.667. The van der Waals surface area contributed by atoms with Gasteiger partial charge in [-0.1, -0.05) is 25.6 Å². The van der Waals surface area contributed by atoms with E-state index in [2.05, 4.69) is 34.0 Å². The number of aromatic nitrogens is 2. The van der Waals surface area contributed by atoms with Gasteiger partial charge >= 0.3 is 6.03 Å². The maximum Gasteiger partial charge on any atom is 0.321 e. The SMILES string of the molecule is Cc1nc(SCC(=O)NC(=O)NC(C)C)n(CC(C)C)c1C. The monoisotopic (exact) mass is 326 g/mol. The number of aryl methyl sites for hydroxylation is 1. The molecule has 124 valence electrons. The van der Waals surface area contributed by atoms with Crippen molar-refractivity contribution in [3.63, 3.8) is 0 Å². The van der Waals surface area contributed by atoms with Crippen LogP contribution in [0.3, 0.4) is 0 Å². The molecular formula is C15H26N4O2S. The number of carbonyl (C=O) groups excluding carboxylic acids is 2. The zero-order valence-electron chi connectivity index (χ0n) is 14.2. The molecular weight excluding hydrogens is 300 g/mol. The third-order valence-corrected chi connectivity index (χ3v) is 3.95. The topological polar surface area (TPSA) is 76.0 Å². The zero-order valence-corrected chi connectivity index (χ0v) is 15.0. The standard InChI is InChI=1S/C15H26N4O2S/c1-9(2)7-19-12(6)11(5)17-15(19)22-8-13(20)18-14(21)16-10(3)4/h9-10H,7-8H2,1-6H3,(H2,16,18,20,21). The number of nitrogens with one attached hydrogen (secondary N) is 2. The molecule has 1 heterocycles. The van der Waals surface area contributed by atoms with Gasteiger partial charge in [-0.05, 0) is 33.6 Å². The third-order valence-electron chi connectivity index (χ3n) is 2.98. The highest BCUT2D eigenvalue weighted by atomic mass is 32.2. The summed E-state index contributed by atoms with van der Waals surface area (Å²) >= 11 is 1.35. The summed E-state index contributed by atoms with van der Waals surface area (Å²) in [7, 11) is 0. The first-order chi connectivity index (χ1) is 10.2. The summed E-state index contributed by atoms with van der Waals surface area (Å²) in [6.07, 6.45) is 0. The number of urea groups is 1. The van der Waals surface area contributed by atoms with Gasteiger partial charge in [-0.15, -0.1) is 0 Å². The van der Waals surface area contributed by atoms with Crippen LogP contribution in [0.25, 0.3) is 0 Å². The van der Waals surface area contributed by atoms with Crippen LogP contribution in [0, 0.1) is 19.8 Å². The van der Waals surface area contributed by atoms with Crippen LogP contribution in [0.2, 0.25) is 0 Å². The van der Waals surface area contributed by atoms with Crippen molar-refractivity contribution in [2.75, 3.05) is 5.75 Å². The molecule has 3 amide bonds. The molecule has 0 aliphatic heterocycles. The van der Waals surface area contributed by atoms with Gasteiger partial charge in [0.25, 0.3) is 0 Å². The average molecular weight is 326 g/mol. The van der Waals surface area contributed by atoms with Gasteiger partial charge in [-0.2, -0.15) is 0 Å². The molecule has 0 saturated carbocycles. The Bertz CT molecular complexity index is 538. The first kappa shape index (κ1) is 18.5. The number of hydrogen-bond acceptors (Lipinski definition) is 4. The summed E-state index contributed by atoms with van der Waals surface area (Å²) in [6, 6.07) is -0.464. The van der Waals surface area contributed by atoms with Crippen LogP contribution >= 0.6 is 11.8 Å². The van der Waals surface area contributed by atoms with Crippen LogP contribution in [-0.4, -0.2) is 33.3 Å². The molecule has 0 saturated heterocycles. The van der Waals surface area contributed by atoms with Gasteiger partial charge in [-0.25, -0.2) is 9.78 Å². The number of nitrogens with zero attached hydrogens (tertiary/aromatic N) is 2. The second-order valence-corrected chi connectivity index (χ2v) is 6.98. The van der Waals surface area contributed by atoms with E-state index in [1.807, 2.05) is 27.7 Å². The number of imide groups is 1. The summed E-state index contributed by atoms with van der Waals surface area (Å²) in [5.74, 6) is 0.342. The van der Waals surface area contributed by atoms with E-state index >= 15 is 0 Å². The van der Waals surface area contributed by atoms with E-state index in [0.717, 1.165) is 23.1 Å². The van der Waals surface area contributed by atoms with Gasteiger partial charge in [0.2, 0.25) is 5.91 Å². The molecule has 0 radical (unpaired) electrons. The molecule has 0 bridgehead atoms. The van der Waals surface area contributed by atoms with Gasteiger partial charge < -0.3 is 9.88 Å². The fourth-order valence-corrected chi connectivity index (χ4v) is 2.81. The lowest BCUT2D eigenvalue weighted by Crippen LogP contribution is -2.43. The van der Waals surface area contributed by atoms with Crippen molar-refractivity contribution in [1.82, 2.24) is 20.2 Å². The molecule has 6 nitrogen and oxygen atoms in total. The number of carbonyl (C=O) groups is 2. The highest BCUT2D eigenvalue weighted by Crippen LogP contribution is 2.22. The lowest BCUT2D eigenvalue weighted by Gasteiger charge is -2.12. The molecule has 22 heavy (non-hydrogen) atoms. The van der Waals surface area contributed by atoms with E-state index in [4.69, 9.17) is 0 Å². The smallest absolute Gasteiger partial charge is 0.321 e. The van der Waals surface area contributed by atoms with Crippen molar-refractivity contribution in [2.24, 2.45) is 5.92 Å². The molecule has 0 aromatic carbocycles. The Balaban J connectivity index is 2.62. The number of thioether (sulfide) groups is 1. The fourth-order valence-electron chi connectivity index (χ4n) is 1.90. The quantitative estimate of drug-likeness (QED) is 0.788. The van der Waals surface area contributed by atoms with Crippen molar-refractivity contribution < 1.29 is 9.59 Å². The maximum absolute atomic E-state index is 11.8. The highest BCUT2D eigenvalue weighted by Gasteiger charge is 2.15. The van der Waals surface area contributed by atoms with E-state index in [-0.39, 0.29) is 17.7 Å². The minimum atomic E-state index is -0.460. The van der Waals surface area contributed by atoms with Crippen molar-refractivity contribution in [3.8, 4) is 0 Å². The van der Waals surface area contributed by atoms with E-state index in [0.29, 0.717) is 5.92 Å². The Kier molecular flexibility index (Phi) is 6.93. The lowest BCUT2D eigenvalue weighted by atomic mass is 10.2. The number of amides is 3. The molecule has 0 aliphatic rings. The zero-order chi connectivity index (χ0) is 16.9. The van der Waals surface area contributed by atoms with E-state index < -0.39 is 6.03 Å². The molecule has 0 aliphatic carbocycles. The van der Waals surface area contributed by atoms with Crippen molar-refractivity contribution in [1.29, 1.82) is 0 Å². The largest absolute Gasteiger partial charge is 0.336 e. The van der Waals surface area contributed by atoms with E-state index in [1.54, 1.807) is 0 Å². The van der Waals surface area contributed by atoms with Crippen molar-refractivity contribution >= 4 is 23.7 Å². The van der Waals surface area contributed by atoms with Crippen LogP contribution in [0.4, 0.5) is 4.79 Å². The van der Waals surface area contributed by atoms with Crippen LogP contribution in [-0.2, 0) is 11.3 Å². The van der Waals surface area contributed by atoms with Gasteiger partial charge in [0.1, 0.15) is 0 Å². The van der Waals surface area contributed by atoms with Gasteiger partial charge in [0.15, 0.2) is 5.16 Å². The first-order valence-electron chi connectivity index (χ1n) is 7.47. The molecule has 7 heteroatoms. The van der Waals surface area contributed by atoms with Crippen LogP contribution < -0.4 is 10.6 Å². The Morgan fingerprint density at radius 3 is 2.41 bits per heavy atom.